The summed E-state index contributed by atoms with van der Waals surface area (Å²) in [5, 5.41) is 14.0. The van der Waals surface area contributed by atoms with E-state index in [1.165, 1.54) is 12.8 Å². The van der Waals surface area contributed by atoms with Crippen LogP contribution in [0, 0.1) is 16.0 Å². The summed E-state index contributed by atoms with van der Waals surface area (Å²) < 4.78 is 0. The molecule has 2 rings (SSSR count). The number of nitro benzene ring substituents is 1. The molecule has 1 saturated heterocycles. The summed E-state index contributed by atoms with van der Waals surface area (Å²) in [4.78, 5) is 12.8. The van der Waals surface area contributed by atoms with Gasteiger partial charge in [-0.2, -0.15) is 0 Å². The number of nitrogens with one attached hydrogen (secondary N) is 1. The molecule has 0 unspecified atom stereocenters. The number of hydrogen-bond donors (Lipinski definition) is 1. The normalized spacial score (nSPS) is 17.5. The number of non-ortho nitro benzene ring substituents is 1. The molecule has 0 radical (unpaired) electrons. The predicted octanol–water partition coefficient (Wildman–Crippen LogP) is 2.03. The van der Waals surface area contributed by atoms with Gasteiger partial charge in [0.25, 0.3) is 5.69 Å². The summed E-state index contributed by atoms with van der Waals surface area (Å²) >= 11 is 0. The smallest absolute Gasteiger partial charge is 0.269 e. The third-order valence-electron chi connectivity index (χ3n) is 3.73. The largest absolute Gasteiger partial charge is 0.319 e. The first kappa shape index (κ1) is 14.0. The summed E-state index contributed by atoms with van der Waals surface area (Å²) in [7, 11) is 2.00. The van der Waals surface area contributed by atoms with E-state index in [1.54, 1.807) is 18.2 Å². The maximum atomic E-state index is 10.7. The van der Waals surface area contributed by atoms with E-state index in [4.69, 9.17) is 0 Å². The second-order valence-corrected chi connectivity index (χ2v) is 5.20. The van der Waals surface area contributed by atoms with Gasteiger partial charge in [-0.1, -0.05) is 12.1 Å². The Kier molecular flexibility index (Phi) is 4.87. The Morgan fingerprint density at radius 2 is 2.16 bits per heavy atom. The molecule has 1 heterocycles. The van der Waals surface area contributed by atoms with Crippen molar-refractivity contribution in [3.05, 3.63) is 39.9 Å². The highest BCUT2D eigenvalue weighted by atomic mass is 16.6. The molecule has 5 heteroatoms. The molecule has 0 atom stereocenters. The summed E-state index contributed by atoms with van der Waals surface area (Å²) in [5.74, 6) is 0.770. The first-order valence-electron chi connectivity index (χ1n) is 6.79. The highest BCUT2D eigenvalue weighted by molar-refractivity contribution is 5.34. The lowest BCUT2D eigenvalue weighted by atomic mass is 9.96. The molecular formula is C14H21N3O2. The molecule has 1 aromatic carbocycles. The molecule has 0 spiro atoms. The van der Waals surface area contributed by atoms with Crippen molar-refractivity contribution in [2.24, 2.45) is 5.92 Å². The number of benzene rings is 1. The van der Waals surface area contributed by atoms with E-state index in [-0.39, 0.29) is 10.6 Å². The molecule has 19 heavy (non-hydrogen) atoms. The second-order valence-electron chi connectivity index (χ2n) is 5.20. The topological polar surface area (TPSA) is 58.4 Å². The van der Waals surface area contributed by atoms with Gasteiger partial charge >= 0.3 is 0 Å². The third kappa shape index (κ3) is 4.01. The van der Waals surface area contributed by atoms with Crippen LogP contribution in [0.15, 0.2) is 24.3 Å². The second kappa shape index (κ2) is 6.63. The van der Waals surface area contributed by atoms with Crippen LogP contribution in [0.25, 0.3) is 0 Å². The van der Waals surface area contributed by atoms with Crippen molar-refractivity contribution in [3.8, 4) is 0 Å². The SMILES string of the molecule is CNCC1CCN(Cc2cccc([N+](=O)[O-])c2)CC1. The van der Waals surface area contributed by atoms with Crippen molar-refractivity contribution in [1.82, 2.24) is 10.2 Å². The molecule has 1 N–H and O–H groups in total. The van der Waals surface area contributed by atoms with Gasteiger partial charge in [0, 0.05) is 18.7 Å². The molecule has 1 fully saturated rings. The molecule has 1 aliphatic heterocycles. The lowest BCUT2D eigenvalue weighted by Gasteiger charge is -2.31. The number of likely N-dealkylation sites (tertiary alicyclic amines) is 1. The maximum Gasteiger partial charge on any atom is 0.269 e. The van der Waals surface area contributed by atoms with Gasteiger partial charge in [0.1, 0.15) is 0 Å². The molecule has 0 saturated carbocycles. The fraction of sp³-hybridized carbons (Fsp3) is 0.571. The fourth-order valence-electron chi connectivity index (χ4n) is 2.66. The van der Waals surface area contributed by atoms with Gasteiger partial charge in [-0.15, -0.1) is 0 Å². The Balaban J connectivity index is 1.88. The third-order valence-corrected chi connectivity index (χ3v) is 3.73. The van der Waals surface area contributed by atoms with Crippen LogP contribution in [-0.4, -0.2) is 36.5 Å². The molecule has 0 aromatic heterocycles. The summed E-state index contributed by atoms with van der Waals surface area (Å²) in [6, 6.07) is 6.95. The standard InChI is InChI=1S/C14H21N3O2/c1-15-10-12-5-7-16(8-6-12)11-13-3-2-4-14(9-13)17(18)19/h2-4,9,12,15H,5-8,10-11H2,1H3. The lowest BCUT2D eigenvalue weighted by Crippen LogP contribution is -2.36. The van der Waals surface area contributed by atoms with Crippen LogP contribution in [0.1, 0.15) is 18.4 Å². The number of piperidine rings is 1. The van der Waals surface area contributed by atoms with Gasteiger partial charge in [0.2, 0.25) is 0 Å². The molecule has 0 amide bonds. The van der Waals surface area contributed by atoms with Gasteiger partial charge in [-0.25, -0.2) is 0 Å². The Morgan fingerprint density at radius 1 is 1.42 bits per heavy atom. The van der Waals surface area contributed by atoms with Crippen LogP contribution in [0.2, 0.25) is 0 Å². The van der Waals surface area contributed by atoms with Crippen LogP contribution in [-0.2, 0) is 6.54 Å². The zero-order valence-corrected chi connectivity index (χ0v) is 11.3. The predicted molar refractivity (Wildman–Crippen MR) is 75.0 cm³/mol. The number of nitrogens with zero attached hydrogens (tertiary/aromatic N) is 2. The Hall–Kier alpha value is -1.46. The molecular weight excluding hydrogens is 242 g/mol. The van der Waals surface area contributed by atoms with E-state index in [9.17, 15) is 10.1 Å². The minimum absolute atomic E-state index is 0.183. The highest BCUT2D eigenvalue weighted by Gasteiger charge is 2.19. The molecule has 0 aliphatic carbocycles. The van der Waals surface area contributed by atoms with Crippen LogP contribution in [0.3, 0.4) is 0 Å². The van der Waals surface area contributed by atoms with Crippen LogP contribution >= 0.6 is 0 Å². The van der Waals surface area contributed by atoms with E-state index >= 15 is 0 Å². The van der Waals surface area contributed by atoms with Crippen molar-refractivity contribution >= 4 is 5.69 Å². The van der Waals surface area contributed by atoms with Crippen molar-refractivity contribution in [3.63, 3.8) is 0 Å². The Morgan fingerprint density at radius 3 is 2.79 bits per heavy atom. The molecule has 1 aliphatic rings. The van der Waals surface area contributed by atoms with Crippen molar-refractivity contribution in [2.75, 3.05) is 26.7 Å². The van der Waals surface area contributed by atoms with Gasteiger partial charge in [0.05, 0.1) is 4.92 Å². The van der Waals surface area contributed by atoms with Crippen molar-refractivity contribution < 1.29 is 4.92 Å². The number of rotatable bonds is 5. The van der Waals surface area contributed by atoms with E-state index in [1.807, 2.05) is 13.1 Å². The Labute approximate surface area is 113 Å². The van der Waals surface area contributed by atoms with E-state index < -0.39 is 0 Å². The van der Waals surface area contributed by atoms with Gasteiger partial charge in [-0.3, -0.25) is 15.0 Å². The van der Waals surface area contributed by atoms with Crippen LogP contribution in [0.4, 0.5) is 5.69 Å². The lowest BCUT2D eigenvalue weighted by molar-refractivity contribution is -0.384. The quantitative estimate of drug-likeness (QED) is 0.652. The molecule has 5 nitrogen and oxygen atoms in total. The first-order valence-corrected chi connectivity index (χ1v) is 6.79. The zero-order chi connectivity index (χ0) is 13.7. The summed E-state index contributed by atoms with van der Waals surface area (Å²) in [5.41, 5.74) is 1.21. The monoisotopic (exact) mass is 263 g/mol. The van der Waals surface area contributed by atoms with Gasteiger partial charge in [-0.05, 0) is 51.0 Å². The molecule has 1 aromatic rings. The molecule has 104 valence electrons. The van der Waals surface area contributed by atoms with Gasteiger partial charge < -0.3 is 5.32 Å². The first-order chi connectivity index (χ1) is 9.19. The molecule has 0 bridgehead atoms. The van der Waals surface area contributed by atoms with Gasteiger partial charge in [0.15, 0.2) is 0 Å². The fourth-order valence-corrected chi connectivity index (χ4v) is 2.66. The van der Waals surface area contributed by atoms with Crippen LogP contribution < -0.4 is 5.32 Å². The van der Waals surface area contributed by atoms with Crippen molar-refractivity contribution in [1.29, 1.82) is 0 Å². The minimum atomic E-state index is -0.331. The zero-order valence-electron chi connectivity index (χ0n) is 11.3. The summed E-state index contributed by atoms with van der Waals surface area (Å²) in [6.45, 7) is 4.06. The average Bonchev–Trinajstić information content (AvgIpc) is 2.42. The van der Waals surface area contributed by atoms with E-state index in [2.05, 4.69) is 10.2 Å². The maximum absolute atomic E-state index is 10.7. The summed E-state index contributed by atoms with van der Waals surface area (Å²) in [6.07, 6.45) is 2.41. The van der Waals surface area contributed by atoms with E-state index in [0.29, 0.717) is 0 Å². The Bertz CT molecular complexity index is 428. The van der Waals surface area contributed by atoms with E-state index in [0.717, 1.165) is 37.7 Å². The average molecular weight is 263 g/mol. The minimum Gasteiger partial charge on any atom is -0.319 e. The highest BCUT2D eigenvalue weighted by Crippen LogP contribution is 2.20. The number of nitro groups is 1. The van der Waals surface area contributed by atoms with Crippen molar-refractivity contribution in [2.45, 2.75) is 19.4 Å². The number of hydrogen-bond acceptors (Lipinski definition) is 4. The van der Waals surface area contributed by atoms with Crippen LogP contribution in [0.5, 0.6) is 0 Å².